The summed E-state index contributed by atoms with van der Waals surface area (Å²) in [5, 5.41) is 7.59. The highest BCUT2D eigenvalue weighted by Gasteiger charge is 2.16. The van der Waals surface area contributed by atoms with Gasteiger partial charge in [-0.3, -0.25) is 4.79 Å². The third kappa shape index (κ3) is 3.21. The van der Waals surface area contributed by atoms with Gasteiger partial charge < -0.3 is 0 Å². The molecule has 0 saturated heterocycles. The van der Waals surface area contributed by atoms with Gasteiger partial charge in [0.05, 0.1) is 5.75 Å². The number of rotatable bonds is 4. The minimum absolute atomic E-state index is 0.000601. The fourth-order valence-corrected chi connectivity index (χ4v) is 3.32. The predicted molar refractivity (Wildman–Crippen MR) is 77.9 cm³/mol. The summed E-state index contributed by atoms with van der Waals surface area (Å²) < 4.78 is 2.97. The van der Waals surface area contributed by atoms with E-state index < -0.39 is 0 Å². The van der Waals surface area contributed by atoms with Gasteiger partial charge in [0.1, 0.15) is 5.69 Å². The first kappa shape index (κ1) is 13.8. The minimum Gasteiger partial charge on any atom is -0.291 e. The Morgan fingerprint density at radius 1 is 1.44 bits per heavy atom. The number of aromatic nitrogens is 3. The number of benzene rings is 1. The molecule has 0 unspecified atom stereocenters. The number of halogens is 2. The maximum Gasteiger partial charge on any atom is 0.193 e. The van der Waals surface area contributed by atoms with Crippen LogP contribution in [-0.4, -0.2) is 26.5 Å². The third-order valence-electron chi connectivity index (χ3n) is 2.22. The monoisotopic (exact) mass is 389 g/mol. The molecule has 0 spiro atoms. The molecule has 0 aliphatic heterocycles. The predicted octanol–water partition coefficient (Wildman–Crippen LogP) is 3.32. The van der Waals surface area contributed by atoms with Crippen LogP contribution in [0.25, 0.3) is 0 Å². The van der Waals surface area contributed by atoms with E-state index in [0.717, 1.165) is 9.37 Å². The molecule has 0 aliphatic rings. The number of ketones is 1. The van der Waals surface area contributed by atoms with Crippen molar-refractivity contribution >= 4 is 49.4 Å². The van der Waals surface area contributed by atoms with Crippen molar-refractivity contribution in [1.82, 2.24) is 15.0 Å². The van der Waals surface area contributed by atoms with E-state index >= 15 is 0 Å². The Morgan fingerprint density at radius 2 is 2.22 bits per heavy atom. The summed E-state index contributed by atoms with van der Waals surface area (Å²) in [6, 6.07) is 7.85. The molecular formula is C11H9Br2N3OS. The van der Waals surface area contributed by atoms with Crippen molar-refractivity contribution in [3.63, 3.8) is 0 Å². The first-order chi connectivity index (χ1) is 8.58. The number of carbonyl (C=O) groups is 1. The van der Waals surface area contributed by atoms with Gasteiger partial charge in [0.15, 0.2) is 10.4 Å². The van der Waals surface area contributed by atoms with Gasteiger partial charge in [-0.25, -0.2) is 4.68 Å². The van der Waals surface area contributed by atoms with E-state index in [4.69, 9.17) is 0 Å². The second-order valence-electron chi connectivity index (χ2n) is 3.52. The van der Waals surface area contributed by atoms with Gasteiger partial charge in [-0.1, -0.05) is 27.2 Å². The fraction of sp³-hybridized carbons (Fsp3) is 0.182. The molecule has 0 radical (unpaired) electrons. The van der Waals surface area contributed by atoms with Crippen molar-refractivity contribution in [2.45, 2.75) is 4.90 Å². The highest BCUT2D eigenvalue weighted by atomic mass is 79.9. The van der Waals surface area contributed by atoms with Crippen molar-refractivity contribution in [1.29, 1.82) is 0 Å². The summed E-state index contributed by atoms with van der Waals surface area (Å²) in [4.78, 5) is 13.1. The van der Waals surface area contributed by atoms with Gasteiger partial charge >= 0.3 is 0 Å². The smallest absolute Gasteiger partial charge is 0.193 e. The molecule has 2 rings (SSSR count). The van der Waals surface area contributed by atoms with Gasteiger partial charge in [0.25, 0.3) is 0 Å². The van der Waals surface area contributed by atoms with Crippen LogP contribution in [0.2, 0.25) is 0 Å². The lowest BCUT2D eigenvalue weighted by atomic mass is 10.3. The Bertz CT molecular complexity index is 566. The van der Waals surface area contributed by atoms with E-state index in [9.17, 15) is 4.79 Å². The molecule has 0 atom stereocenters. The van der Waals surface area contributed by atoms with Crippen LogP contribution in [0.4, 0.5) is 0 Å². The Balaban J connectivity index is 2.05. The van der Waals surface area contributed by atoms with Crippen molar-refractivity contribution < 1.29 is 4.79 Å². The molecule has 0 bridgehead atoms. The standard InChI is InChI=1S/C11H9Br2N3OS/c1-16-10(11(13)14-15-16)9(17)6-18-8-4-2-3-7(12)5-8/h2-5H,6H2,1H3. The normalized spacial score (nSPS) is 10.6. The maximum atomic E-state index is 12.0. The lowest BCUT2D eigenvalue weighted by Crippen LogP contribution is -2.09. The van der Waals surface area contributed by atoms with E-state index in [1.165, 1.54) is 16.4 Å². The van der Waals surface area contributed by atoms with E-state index in [1.54, 1.807) is 7.05 Å². The number of hydrogen-bond donors (Lipinski definition) is 0. The molecule has 1 aromatic heterocycles. The summed E-state index contributed by atoms with van der Waals surface area (Å²) in [5.41, 5.74) is 0.498. The van der Waals surface area contributed by atoms with Crippen LogP contribution in [0.3, 0.4) is 0 Å². The van der Waals surface area contributed by atoms with Crippen molar-refractivity contribution in [2.75, 3.05) is 5.75 Å². The van der Waals surface area contributed by atoms with E-state index in [1.807, 2.05) is 24.3 Å². The van der Waals surface area contributed by atoms with E-state index in [2.05, 4.69) is 42.2 Å². The zero-order valence-corrected chi connectivity index (χ0v) is 13.4. The summed E-state index contributed by atoms with van der Waals surface area (Å²) in [6.07, 6.45) is 0. The second-order valence-corrected chi connectivity index (χ2v) is 6.24. The Hall–Kier alpha value is -0.660. The first-order valence-corrected chi connectivity index (χ1v) is 7.62. The van der Waals surface area contributed by atoms with Gasteiger partial charge in [-0.15, -0.1) is 16.9 Å². The average molecular weight is 391 g/mol. The maximum absolute atomic E-state index is 12.0. The van der Waals surface area contributed by atoms with E-state index in [0.29, 0.717) is 16.0 Å². The molecular weight excluding hydrogens is 382 g/mol. The molecule has 1 aromatic carbocycles. The van der Waals surface area contributed by atoms with Crippen molar-refractivity contribution in [2.24, 2.45) is 7.05 Å². The van der Waals surface area contributed by atoms with Gasteiger partial charge in [0, 0.05) is 16.4 Å². The average Bonchev–Trinajstić information content (AvgIpc) is 2.66. The van der Waals surface area contributed by atoms with Crippen LogP contribution in [0.5, 0.6) is 0 Å². The van der Waals surface area contributed by atoms with Crippen molar-refractivity contribution in [3.8, 4) is 0 Å². The fourth-order valence-electron chi connectivity index (χ4n) is 1.40. The number of aryl methyl sites for hydroxylation is 1. The van der Waals surface area contributed by atoms with Crippen LogP contribution >= 0.6 is 43.6 Å². The topological polar surface area (TPSA) is 47.8 Å². The Labute approximate surface area is 125 Å². The quantitative estimate of drug-likeness (QED) is 0.593. The molecule has 0 aliphatic carbocycles. The summed E-state index contributed by atoms with van der Waals surface area (Å²) in [6.45, 7) is 0. The minimum atomic E-state index is -0.000601. The molecule has 1 heterocycles. The molecule has 18 heavy (non-hydrogen) atoms. The summed E-state index contributed by atoms with van der Waals surface area (Å²) in [5.74, 6) is 0.357. The van der Waals surface area contributed by atoms with Crippen LogP contribution in [-0.2, 0) is 7.05 Å². The number of carbonyl (C=O) groups excluding carboxylic acids is 1. The highest BCUT2D eigenvalue weighted by Crippen LogP contribution is 2.23. The lowest BCUT2D eigenvalue weighted by Gasteiger charge is -2.02. The molecule has 2 aromatic rings. The zero-order chi connectivity index (χ0) is 13.1. The first-order valence-electron chi connectivity index (χ1n) is 5.04. The molecule has 0 N–H and O–H groups in total. The van der Waals surface area contributed by atoms with Crippen LogP contribution in [0.15, 0.2) is 38.2 Å². The van der Waals surface area contributed by atoms with Gasteiger partial charge in [-0.05, 0) is 34.1 Å². The molecule has 7 heteroatoms. The van der Waals surface area contributed by atoms with Crippen LogP contribution in [0, 0.1) is 0 Å². The summed E-state index contributed by atoms with van der Waals surface area (Å²) in [7, 11) is 1.70. The molecule has 4 nitrogen and oxygen atoms in total. The molecule has 94 valence electrons. The third-order valence-corrected chi connectivity index (χ3v) is 4.24. The van der Waals surface area contributed by atoms with Crippen LogP contribution in [0.1, 0.15) is 10.5 Å². The van der Waals surface area contributed by atoms with Gasteiger partial charge in [-0.2, -0.15) is 0 Å². The molecule has 0 amide bonds. The lowest BCUT2D eigenvalue weighted by molar-refractivity contribution is 0.101. The zero-order valence-electron chi connectivity index (χ0n) is 9.43. The second kappa shape index (κ2) is 5.99. The van der Waals surface area contributed by atoms with E-state index in [-0.39, 0.29) is 5.78 Å². The largest absolute Gasteiger partial charge is 0.291 e. The number of nitrogens with zero attached hydrogens (tertiary/aromatic N) is 3. The molecule has 0 fully saturated rings. The molecule has 0 saturated carbocycles. The summed E-state index contributed by atoms with van der Waals surface area (Å²) >= 11 is 8.11. The number of thioether (sulfide) groups is 1. The highest BCUT2D eigenvalue weighted by molar-refractivity contribution is 9.10. The Kier molecular flexibility index (Phi) is 4.58. The number of Topliss-reactive ketones (excluding diaryl/α,β-unsaturated/α-hetero) is 1. The van der Waals surface area contributed by atoms with Crippen LogP contribution < -0.4 is 0 Å². The van der Waals surface area contributed by atoms with Gasteiger partial charge in [0.2, 0.25) is 0 Å². The SMILES string of the molecule is Cn1nnc(Br)c1C(=O)CSc1cccc(Br)c1. The Morgan fingerprint density at radius 3 is 2.83 bits per heavy atom. The number of hydrogen-bond acceptors (Lipinski definition) is 4. The van der Waals surface area contributed by atoms with Crippen molar-refractivity contribution in [3.05, 3.63) is 39.0 Å².